The Bertz CT molecular complexity index is 367. The molecule has 4 nitrogen and oxygen atoms in total. The van der Waals surface area contributed by atoms with E-state index in [0.717, 1.165) is 50.9 Å². The van der Waals surface area contributed by atoms with Gasteiger partial charge in [0.15, 0.2) is 0 Å². The molecule has 0 spiro atoms. The molecular weight excluding hydrogens is 280 g/mol. The van der Waals surface area contributed by atoms with Crippen molar-refractivity contribution in [1.29, 1.82) is 0 Å². The predicted molar refractivity (Wildman–Crippen MR) is 82.1 cm³/mol. The van der Waals surface area contributed by atoms with Crippen molar-refractivity contribution in [2.24, 2.45) is 5.92 Å². The van der Waals surface area contributed by atoms with Gasteiger partial charge >= 0.3 is 0 Å². The Hall–Kier alpha value is 0.220. The van der Waals surface area contributed by atoms with E-state index in [4.69, 9.17) is 0 Å². The molecule has 1 heterocycles. The van der Waals surface area contributed by atoms with Gasteiger partial charge in [-0.05, 0) is 50.4 Å². The molecule has 0 aromatic rings. The molecule has 1 saturated carbocycles. The molecule has 6 heteroatoms. The molecule has 0 aromatic heterocycles. The number of thioether (sulfide) groups is 1. The molecule has 0 radical (unpaired) electrons. The Labute approximate surface area is 121 Å². The number of hydrogen-bond acceptors (Lipinski definition) is 4. The third kappa shape index (κ3) is 4.92. The van der Waals surface area contributed by atoms with E-state index in [1.165, 1.54) is 0 Å². The van der Waals surface area contributed by atoms with Crippen molar-refractivity contribution < 1.29 is 8.42 Å². The maximum absolute atomic E-state index is 12.3. The molecule has 112 valence electrons. The third-order valence-electron chi connectivity index (χ3n) is 4.02. The van der Waals surface area contributed by atoms with E-state index >= 15 is 0 Å². The van der Waals surface area contributed by atoms with Gasteiger partial charge in [-0.25, -0.2) is 13.1 Å². The first kappa shape index (κ1) is 15.6. The topological polar surface area (TPSA) is 58.2 Å². The van der Waals surface area contributed by atoms with Crippen LogP contribution < -0.4 is 10.0 Å². The molecule has 1 aliphatic heterocycles. The van der Waals surface area contributed by atoms with E-state index in [-0.39, 0.29) is 12.0 Å². The van der Waals surface area contributed by atoms with Crippen molar-refractivity contribution in [2.75, 3.05) is 24.6 Å². The van der Waals surface area contributed by atoms with E-state index in [9.17, 15) is 8.42 Å². The van der Waals surface area contributed by atoms with E-state index < -0.39 is 10.0 Å². The maximum Gasteiger partial charge on any atom is 0.212 e. The second-order valence-corrected chi connectivity index (χ2v) is 8.96. The first-order chi connectivity index (χ1) is 9.11. The lowest BCUT2D eigenvalue weighted by molar-refractivity contribution is 0.401. The summed E-state index contributed by atoms with van der Waals surface area (Å²) in [5.41, 5.74) is 0. The van der Waals surface area contributed by atoms with Crippen molar-refractivity contribution in [3.8, 4) is 0 Å². The fourth-order valence-electron chi connectivity index (χ4n) is 3.13. The van der Waals surface area contributed by atoms with Crippen LogP contribution in [0.2, 0.25) is 0 Å². The molecule has 1 saturated heterocycles. The summed E-state index contributed by atoms with van der Waals surface area (Å²) in [6.45, 7) is 4.02. The zero-order valence-electron chi connectivity index (χ0n) is 11.7. The summed E-state index contributed by atoms with van der Waals surface area (Å²) in [4.78, 5) is 0. The fraction of sp³-hybridized carbons (Fsp3) is 1.00. The Morgan fingerprint density at radius 1 is 1.26 bits per heavy atom. The summed E-state index contributed by atoms with van der Waals surface area (Å²) in [6.07, 6.45) is 5.43. The number of rotatable bonds is 6. The van der Waals surface area contributed by atoms with Crippen molar-refractivity contribution in [3.05, 3.63) is 0 Å². The van der Waals surface area contributed by atoms with Crippen molar-refractivity contribution in [2.45, 2.75) is 50.3 Å². The third-order valence-corrected chi connectivity index (χ3v) is 6.92. The lowest BCUT2D eigenvalue weighted by atomic mass is 10.0. The zero-order chi connectivity index (χ0) is 13.7. The zero-order valence-corrected chi connectivity index (χ0v) is 13.4. The Balaban J connectivity index is 1.85. The maximum atomic E-state index is 12.3. The van der Waals surface area contributed by atoms with Gasteiger partial charge in [-0.15, -0.1) is 0 Å². The molecule has 2 fully saturated rings. The van der Waals surface area contributed by atoms with Gasteiger partial charge in [0.2, 0.25) is 10.0 Å². The van der Waals surface area contributed by atoms with Gasteiger partial charge in [0, 0.05) is 11.3 Å². The van der Waals surface area contributed by atoms with Crippen LogP contribution in [0.4, 0.5) is 0 Å². The molecule has 0 amide bonds. The second-order valence-electron chi connectivity index (χ2n) is 5.64. The molecule has 3 atom stereocenters. The van der Waals surface area contributed by atoms with Crippen molar-refractivity contribution >= 4 is 21.8 Å². The van der Waals surface area contributed by atoms with Gasteiger partial charge < -0.3 is 5.32 Å². The first-order valence-electron chi connectivity index (χ1n) is 7.43. The summed E-state index contributed by atoms with van der Waals surface area (Å²) < 4.78 is 27.5. The van der Waals surface area contributed by atoms with Crippen molar-refractivity contribution in [1.82, 2.24) is 10.0 Å². The molecule has 1 aliphatic carbocycles. The van der Waals surface area contributed by atoms with Crippen LogP contribution in [-0.2, 0) is 10.0 Å². The van der Waals surface area contributed by atoms with Crippen LogP contribution in [0.15, 0.2) is 0 Å². The minimum atomic E-state index is -3.12. The number of sulfonamides is 1. The molecule has 0 bridgehead atoms. The van der Waals surface area contributed by atoms with E-state index in [0.29, 0.717) is 11.0 Å². The highest BCUT2D eigenvalue weighted by Gasteiger charge is 2.31. The summed E-state index contributed by atoms with van der Waals surface area (Å²) in [5, 5.41) is 3.76. The highest BCUT2D eigenvalue weighted by atomic mass is 32.2. The number of hydrogen-bond donors (Lipinski definition) is 2. The van der Waals surface area contributed by atoms with Crippen LogP contribution in [0, 0.1) is 5.92 Å². The quantitative estimate of drug-likeness (QED) is 0.782. The van der Waals surface area contributed by atoms with Crippen LogP contribution in [0.3, 0.4) is 0 Å². The Morgan fingerprint density at radius 3 is 2.79 bits per heavy atom. The summed E-state index contributed by atoms with van der Waals surface area (Å²) in [7, 11) is -3.12. The van der Waals surface area contributed by atoms with Crippen LogP contribution in [0.1, 0.15) is 39.0 Å². The Morgan fingerprint density at radius 2 is 2.11 bits per heavy atom. The highest BCUT2D eigenvalue weighted by Crippen LogP contribution is 2.30. The van der Waals surface area contributed by atoms with Crippen LogP contribution >= 0.6 is 11.8 Å². The van der Waals surface area contributed by atoms with Gasteiger partial charge in [-0.2, -0.15) is 11.8 Å². The average molecular weight is 306 g/mol. The molecule has 2 N–H and O–H groups in total. The minimum Gasteiger partial charge on any atom is -0.316 e. The van der Waals surface area contributed by atoms with Gasteiger partial charge in [0.1, 0.15) is 0 Å². The fourth-order valence-corrected chi connectivity index (χ4v) is 6.16. The van der Waals surface area contributed by atoms with Gasteiger partial charge in [-0.3, -0.25) is 0 Å². The van der Waals surface area contributed by atoms with Gasteiger partial charge in [0.25, 0.3) is 0 Å². The number of piperidine rings is 1. The summed E-state index contributed by atoms with van der Waals surface area (Å²) in [5.74, 6) is 1.64. The van der Waals surface area contributed by atoms with Gasteiger partial charge in [-0.1, -0.05) is 13.3 Å². The highest BCUT2D eigenvalue weighted by molar-refractivity contribution is 8.00. The minimum absolute atomic E-state index is 0.159. The van der Waals surface area contributed by atoms with E-state index in [1.807, 2.05) is 11.8 Å². The van der Waals surface area contributed by atoms with Crippen LogP contribution in [-0.4, -0.2) is 44.3 Å². The SMILES string of the molecule is CCSC1CCCC1NS(=O)(=O)CC1CCCNC1. The molecule has 2 aliphatic rings. The summed E-state index contributed by atoms with van der Waals surface area (Å²) >= 11 is 1.89. The molecule has 19 heavy (non-hydrogen) atoms. The van der Waals surface area contributed by atoms with Crippen LogP contribution in [0.25, 0.3) is 0 Å². The molecule has 0 aromatic carbocycles. The smallest absolute Gasteiger partial charge is 0.212 e. The number of nitrogens with one attached hydrogen (secondary N) is 2. The van der Waals surface area contributed by atoms with E-state index in [2.05, 4.69) is 17.0 Å². The lowest BCUT2D eigenvalue weighted by Gasteiger charge is -2.25. The molecular formula is C13H26N2O2S2. The Kier molecular flexibility index (Phi) is 5.99. The average Bonchev–Trinajstić information content (AvgIpc) is 2.77. The lowest BCUT2D eigenvalue weighted by Crippen LogP contribution is -2.43. The van der Waals surface area contributed by atoms with Crippen molar-refractivity contribution in [3.63, 3.8) is 0 Å². The summed E-state index contributed by atoms with van der Waals surface area (Å²) in [6, 6.07) is 0.159. The van der Waals surface area contributed by atoms with E-state index in [1.54, 1.807) is 0 Å². The largest absolute Gasteiger partial charge is 0.316 e. The normalized spacial score (nSPS) is 32.6. The molecule has 2 rings (SSSR count). The van der Waals surface area contributed by atoms with Gasteiger partial charge in [0.05, 0.1) is 5.75 Å². The first-order valence-corrected chi connectivity index (χ1v) is 10.1. The standard InChI is InChI=1S/C13H26N2O2S2/c1-2-18-13-7-3-6-12(13)15-19(16,17)10-11-5-4-8-14-9-11/h11-15H,2-10H2,1H3. The van der Waals surface area contributed by atoms with Crippen LogP contribution in [0.5, 0.6) is 0 Å². The monoisotopic (exact) mass is 306 g/mol. The predicted octanol–water partition coefficient (Wildman–Crippen LogP) is 1.58. The second kappa shape index (κ2) is 7.29. The molecule has 3 unspecified atom stereocenters.